The van der Waals surface area contributed by atoms with Gasteiger partial charge in [0.25, 0.3) is 0 Å². The maximum absolute atomic E-state index is 10.3. The Hall–Kier alpha value is -1.00. The van der Waals surface area contributed by atoms with Gasteiger partial charge < -0.3 is 9.84 Å². The van der Waals surface area contributed by atoms with Crippen molar-refractivity contribution in [2.45, 2.75) is 45.6 Å². The number of rotatable bonds is 5. The topological polar surface area (TPSA) is 29.5 Å². The van der Waals surface area contributed by atoms with Gasteiger partial charge in [0.2, 0.25) is 0 Å². The summed E-state index contributed by atoms with van der Waals surface area (Å²) in [7, 11) is 0. The lowest BCUT2D eigenvalue weighted by Crippen LogP contribution is -2.39. The summed E-state index contributed by atoms with van der Waals surface area (Å²) in [6, 6.07) is 12.1. The zero-order valence-electron chi connectivity index (χ0n) is 14.6. The molecule has 3 unspecified atom stereocenters. The number of fused-ring (bicyclic) bond motifs is 1. The van der Waals surface area contributed by atoms with Crippen LogP contribution in [0.25, 0.3) is 0 Å². The molecule has 0 amide bonds. The Labute approximate surface area is 166 Å². The summed E-state index contributed by atoms with van der Waals surface area (Å²) in [6.07, 6.45) is 4.33. The minimum absolute atomic E-state index is 0.157. The molecule has 1 aliphatic heterocycles. The predicted molar refractivity (Wildman–Crippen MR) is 109 cm³/mol. The van der Waals surface area contributed by atoms with Gasteiger partial charge in [-0.25, -0.2) is 0 Å². The highest BCUT2D eigenvalue weighted by Gasteiger charge is 2.34. The standard InChI is InChI=1S/C21H24Br2O2/c1-3-6-15-12-16-8-5-10-18(23)21(16)25-20(15)13(2)11-14-7-4-9-17(22)19(14)24/h4-5,7-10,13,15,20,24H,3,6,11-12H2,1-2H3. The van der Waals surface area contributed by atoms with E-state index in [2.05, 4.69) is 57.8 Å². The Morgan fingerprint density at radius 1 is 1.16 bits per heavy atom. The van der Waals surface area contributed by atoms with Gasteiger partial charge in [0, 0.05) is 5.92 Å². The molecular formula is C21H24Br2O2. The normalized spacial score (nSPS) is 20.6. The maximum Gasteiger partial charge on any atom is 0.137 e. The van der Waals surface area contributed by atoms with Crippen molar-refractivity contribution >= 4 is 31.9 Å². The number of benzene rings is 2. The molecule has 0 aromatic heterocycles. The summed E-state index contributed by atoms with van der Waals surface area (Å²) in [5, 5.41) is 10.3. The summed E-state index contributed by atoms with van der Waals surface area (Å²) in [4.78, 5) is 0. The number of ether oxygens (including phenoxy) is 1. The quantitative estimate of drug-likeness (QED) is 0.542. The van der Waals surface area contributed by atoms with Crippen LogP contribution in [-0.4, -0.2) is 11.2 Å². The average molecular weight is 468 g/mol. The Morgan fingerprint density at radius 2 is 1.88 bits per heavy atom. The van der Waals surface area contributed by atoms with Gasteiger partial charge in [-0.1, -0.05) is 44.5 Å². The van der Waals surface area contributed by atoms with E-state index in [-0.39, 0.29) is 6.10 Å². The SMILES string of the molecule is CCCC1Cc2cccc(Br)c2OC1C(C)Cc1cccc(Br)c1O. The third-order valence-corrected chi connectivity index (χ3v) is 6.35. The highest BCUT2D eigenvalue weighted by molar-refractivity contribution is 9.10. The molecule has 2 nitrogen and oxygen atoms in total. The second kappa shape index (κ2) is 8.13. The van der Waals surface area contributed by atoms with Gasteiger partial charge in [-0.2, -0.15) is 0 Å². The Morgan fingerprint density at radius 3 is 2.64 bits per heavy atom. The van der Waals surface area contributed by atoms with Crippen LogP contribution in [0.4, 0.5) is 0 Å². The maximum atomic E-state index is 10.3. The molecule has 3 atom stereocenters. The van der Waals surface area contributed by atoms with E-state index in [0.29, 0.717) is 17.6 Å². The molecule has 1 N–H and O–H groups in total. The van der Waals surface area contributed by atoms with E-state index in [4.69, 9.17) is 4.74 Å². The number of halogens is 2. The van der Waals surface area contributed by atoms with Crippen LogP contribution < -0.4 is 4.74 Å². The van der Waals surface area contributed by atoms with Gasteiger partial charge in [0.1, 0.15) is 17.6 Å². The molecular weight excluding hydrogens is 444 g/mol. The van der Waals surface area contributed by atoms with Gasteiger partial charge in [-0.15, -0.1) is 0 Å². The van der Waals surface area contributed by atoms with Gasteiger partial charge in [-0.05, 0) is 80.3 Å². The second-order valence-corrected chi connectivity index (χ2v) is 8.70. The van der Waals surface area contributed by atoms with Gasteiger partial charge in [0.15, 0.2) is 0 Å². The zero-order chi connectivity index (χ0) is 18.0. The van der Waals surface area contributed by atoms with Crippen LogP contribution in [0, 0.1) is 11.8 Å². The molecule has 25 heavy (non-hydrogen) atoms. The predicted octanol–water partition coefficient (Wildman–Crippen LogP) is 6.52. The van der Waals surface area contributed by atoms with Crippen molar-refractivity contribution in [2.24, 2.45) is 11.8 Å². The first-order chi connectivity index (χ1) is 12.0. The highest BCUT2D eigenvalue weighted by Crippen LogP contribution is 2.41. The van der Waals surface area contributed by atoms with Crippen molar-refractivity contribution in [3.63, 3.8) is 0 Å². The molecule has 0 saturated heterocycles. The lowest BCUT2D eigenvalue weighted by molar-refractivity contribution is 0.0588. The third kappa shape index (κ3) is 4.06. The first kappa shape index (κ1) is 18.8. The van der Waals surface area contributed by atoms with Gasteiger partial charge >= 0.3 is 0 Å². The first-order valence-corrected chi connectivity index (χ1v) is 10.5. The van der Waals surface area contributed by atoms with E-state index < -0.39 is 0 Å². The number of hydrogen-bond acceptors (Lipinski definition) is 2. The fraction of sp³-hybridized carbons (Fsp3) is 0.429. The van der Waals surface area contributed by atoms with Crippen LogP contribution in [0.5, 0.6) is 11.5 Å². The van der Waals surface area contributed by atoms with Crippen molar-refractivity contribution in [2.75, 3.05) is 0 Å². The summed E-state index contributed by atoms with van der Waals surface area (Å²) >= 11 is 7.05. The zero-order valence-corrected chi connectivity index (χ0v) is 17.8. The van der Waals surface area contributed by atoms with E-state index in [0.717, 1.165) is 45.9 Å². The van der Waals surface area contributed by atoms with Crippen molar-refractivity contribution in [1.29, 1.82) is 0 Å². The summed E-state index contributed by atoms with van der Waals surface area (Å²) in [5.41, 5.74) is 2.26. The average Bonchev–Trinajstić information content (AvgIpc) is 2.59. The summed E-state index contributed by atoms with van der Waals surface area (Å²) < 4.78 is 8.27. The van der Waals surface area contributed by atoms with Gasteiger partial charge in [0.05, 0.1) is 8.95 Å². The van der Waals surface area contributed by atoms with Crippen LogP contribution >= 0.6 is 31.9 Å². The number of aromatic hydroxyl groups is 1. The minimum atomic E-state index is 0.157. The fourth-order valence-electron chi connectivity index (χ4n) is 3.88. The van der Waals surface area contributed by atoms with Crippen molar-refractivity contribution in [3.8, 4) is 11.5 Å². The third-order valence-electron chi connectivity index (χ3n) is 5.08. The number of phenolic OH excluding ortho intramolecular Hbond substituents is 1. The van der Waals surface area contributed by atoms with Crippen LogP contribution in [0.2, 0.25) is 0 Å². The van der Waals surface area contributed by atoms with E-state index in [1.165, 1.54) is 5.56 Å². The molecule has 1 aliphatic rings. The van der Waals surface area contributed by atoms with Crippen molar-refractivity contribution in [3.05, 3.63) is 56.5 Å². The second-order valence-electron chi connectivity index (χ2n) is 6.99. The van der Waals surface area contributed by atoms with Crippen LogP contribution in [0.3, 0.4) is 0 Å². The van der Waals surface area contributed by atoms with Crippen molar-refractivity contribution < 1.29 is 9.84 Å². The molecule has 0 saturated carbocycles. The van der Waals surface area contributed by atoms with Crippen molar-refractivity contribution in [1.82, 2.24) is 0 Å². The lowest BCUT2D eigenvalue weighted by Gasteiger charge is -2.38. The summed E-state index contributed by atoms with van der Waals surface area (Å²) in [6.45, 7) is 4.47. The van der Waals surface area contributed by atoms with Crippen LogP contribution in [0.1, 0.15) is 37.8 Å². The molecule has 0 radical (unpaired) electrons. The smallest absolute Gasteiger partial charge is 0.137 e. The molecule has 134 valence electrons. The lowest BCUT2D eigenvalue weighted by atomic mass is 9.80. The molecule has 0 aliphatic carbocycles. The highest BCUT2D eigenvalue weighted by atomic mass is 79.9. The Kier molecular flexibility index (Phi) is 6.11. The molecule has 2 aromatic carbocycles. The Bertz CT molecular complexity index is 745. The largest absolute Gasteiger partial charge is 0.506 e. The molecule has 1 heterocycles. The van der Waals surface area contributed by atoms with E-state index >= 15 is 0 Å². The van der Waals surface area contributed by atoms with Crippen LogP contribution in [-0.2, 0) is 12.8 Å². The number of para-hydroxylation sites is 2. The minimum Gasteiger partial charge on any atom is -0.506 e. The molecule has 3 rings (SSSR count). The number of phenols is 1. The van der Waals surface area contributed by atoms with Crippen LogP contribution in [0.15, 0.2) is 45.3 Å². The number of hydrogen-bond donors (Lipinski definition) is 1. The summed E-state index contributed by atoms with van der Waals surface area (Å²) in [5.74, 6) is 2.16. The molecule has 4 heteroatoms. The van der Waals surface area contributed by atoms with E-state index in [1.807, 2.05) is 24.3 Å². The fourth-order valence-corrected chi connectivity index (χ4v) is 4.79. The van der Waals surface area contributed by atoms with Gasteiger partial charge in [-0.3, -0.25) is 0 Å². The first-order valence-electron chi connectivity index (χ1n) is 8.91. The molecule has 0 spiro atoms. The van der Waals surface area contributed by atoms with E-state index in [1.54, 1.807) is 0 Å². The molecule has 0 bridgehead atoms. The molecule has 0 fully saturated rings. The van der Waals surface area contributed by atoms with E-state index in [9.17, 15) is 5.11 Å². The Balaban J connectivity index is 1.85. The monoisotopic (exact) mass is 466 g/mol. The molecule has 2 aromatic rings.